The van der Waals surface area contributed by atoms with Crippen LogP contribution in [0.15, 0.2) is 30.5 Å². The molecule has 102 valence electrons. The highest BCUT2D eigenvalue weighted by molar-refractivity contribution is 6.07. The van der Waals surface area contributed by atoms with E-state index in [1.54, 1.807) is 25.2 Å². The van der Waals surface area contributed by atoms with Gasteiger partial charge in [-0.05, 0) is 36.9 Å². The van der Waals surface area contributed by atoms with Gasteiger partial charge in [0.2, 0.25) is 6.41 Å². The van der Waals surface area contributed by atoms with Crippen LogP contribution in [-0.4, -0.2) is 25.8 Å². The lowest BCUT2D eigenvalue weighted by molar-refractivity contribution is -0.107. The maximum atomic E-state index is 10.9. The Balaban J connectivity index is 3.14. The van der Waals surface area contributed by atoms with E-state index in [-0.39, 0.29) is 5.71 Å². The van der Waals surface area contributed by atoms with E-state index in [1.165, 1.54) is 17.2 Å². The van der Waals surface area contributed by atoms with Gasteiger partial charge in [-0.2, -0.15) is 0 Å². The third-order valence-corrected chi connectivity index (χ3v) is 2.53. The Hall–Kier alpha value is -2.30. The van der Waals surface area contributed by atoms with E-state index in [4.69, 9.17) is 15.9 Å². The zero-order valence-electron chi connectivity index (χ0n) is 11.2. The van der Waals surface area contributed by atoms with Crippen LogP contribution < -0.4 is 15.4 Å². The molecular weight excluding hydrogens is 242 g/mol. The number of carbonyl (C=O) groups excluding carboxylic acids is 1. The molecule has 0 saturated carbocycles. The number of hydrogen-bond acceptors (Lipinski definition) is 4. The maximum Gasteiger partial charge on any atom is 0.213 e. The fraction of sp³-hybridized carbons (Fsp3) is 0.286. The minimum atomic E-state index is 0.282. The lowest BCUT2D eigenvalue weighted by Crippen LogP contribution is -2.16. The van der Waals surface area contributed by atoms with Crippen molar-refractivity contribution < 1.29 is 9.53 Å². The van der Waals surface area contributed by atoms with Crippen LogP contribution in [0.1, 0.15) is 18.9 Å². The van der Waals surface area contributed by atoms with Gasteiger partial charge in [0.05, 0.1) is 18.0 Å². The van der Waals surface area contributed by atoms with Gasteiger partial charge in [0.25, 0.3) is 0 Å². The van der Waals surface area contributed by atoms with E-state index in [0.29, 0.717) is 30.0 Å². The quantitative estimate of drug-likeness (QED) is 0.581. The van der Waals surface area contributed by atoms with Crippen molar-refractivity contribution in [2.45, 2.75) is 13.3 Å². The van der Waals surface area contributed by atoms with Crippen molar-refractivity contribution >= 4 is 17.8 Å². The molecule has 0 aromatic heterocycles. The van der Waals surface area contributed by atoms with Crippen LogP contribution in [0.3, 0.4) is 0 Å². The largest absolute Gasteiger partial charge is 0.491 e. The van der Waals surface area contributed by atoms with Crippen LogP contribution in [0.2, 0.25) is 0 Å². The number of nitrogens with zero attached hydrogens (tertiary/aromatic N) is 1. The molecule has 0 saturated heterocycles. The van der Waals surface area contributed by atoms with Crippen molar-refractivity contribution in [3.05, 3.63) is 36.0 Å². The first kappa shape index (κ1) is 14.8. The Kier molecular flexibility index (Phi) is 5.60. The summed E-state index contributed by atoms with van der Waals surface area (Å²) in [5.74, 6) is 0.629. The molecule has 0 radical (unpaired) electrons. The van der Waals surface area contributed by atoms with Crippen molar-refractivity contribution in [2.75, 3.05) is 18.6 Å². The molecule has 1 rings (SSSR count). The second-order valence-electron chi connectivity index (χ2n) is 4.02. The van der Waals surface area contributed by atoms with E-state index in [2.05, 4.69) is 0 Å². The predicted molar refractivity (Wildman–Crippen MR) is 76.9 cm³/mol. The monoisotopic (exact) mass is 261 g/mol. The van der Waals surface area contributed by atoms with Crippen molar-refractivity contribution in [1.29, 1.82) is 5.41 Å². The molecule has 1 aromatic carbocycles. The highest BCUT2D eigenvalue weighted by Gasteiger charge is 2.10. The molecule has 0 bridgehead atoms. The summed E-state index contributed by atoms with van der Waals surface area (Å²) in [6, 6.07) is 5.27. The standard InChI is InChI=1S/C14H19N3O2/c1-3-8-19-14-5-4-11(12(16)6-7-15)9-13(14)17(2)10-18/h4-7,9-10,16H,3,8,15H2,1-2H3/b7-6-,16-12?. The van der Waals surface area contributed by atoms with Gasteiger partial charge in [-0.15, -0.1) is 0 Å². The van der Waals surface area contributed by atoms with Crippen molar-refractivity contribution in [3.8, 4) is 5.75 Å². The smallest absolute Gasteiger partial charge is 0.213 e. The van der Waals surface area contributed by atoms with Gasteiger partial charge < -0.3 is 20.8 Å². The molecule has 0 fully saturated rings. The Morgan fingerprint density at radius 3 is 2.84 bits per heavy atom. The molecule has 19 heavy (non-hydrogen) atoms. The molecule has 0 heterocycles. The van der Waals surface area contributed by atoms with Gasteiger partial charge >= 0.3 is 0 Å². The lowest BCUT2D eigenvalue weighted by Gasteiger charge is -2.17. The Labute approximate surface area is 113 Å². The Morgan fingerprint density at radius 1 is 1.53 bits per heavy atom. The number of rotatable bonds is 7. The summed E-state index contributed by atoms with van der Waals surface area (Å²) in [6.45, 7) is 2.60. The molecule has 3 N–H and O–H groups in total. The molecule has 5 heteroatoms. The summed E-state index contributed by atoms with van der Waals surface area (Å²) in [6.07, 6.45) is 4.40. The maximum absolute atomic E-state index is 10.9. The number of allylic oxidation sites excluding steroid dienone is 1. The lowest BCUT2D eigenvalue weighted by atomic mass is 10.1. The van der Waals surface area contributed by atoms with Crippen LogP contribution in [-0.2, 0) is 4.79 Å². The Morgan fingerprint density at radius 2 is 2.26 bits per heavy atom. The van der Waals surface area contributed by atoms with Gasteiger partial charge in [0.15, 0.2) is 0 Å². The minimum Gasteiger partial charge on any atom is -0.491 e. The predicted octanol–water partition coefficient (Wildman–Crippen LogP) is 1.91. The number of anilines is 1. The summed E-state index contributed by atoms with van der Waals surface area (Å²) < 4.78 is 5.59. The van der Waals surface area contributed by atoms with E-state index in [9.17, 15) is 4.79 Å². The van der Waals surface area contributed by atoms with Crippen molar-refractivity contribution in [3.63, 3.8) is 0 Å². The topological polar surface area (TPSA) is 79.4 Å². The minimum absolute atomic E-state index is 0.282. The average Bonchev–Trinajstić information content (AvgIpc) is 2.44. The first-order valence-corrected chi connectivity index (χ1v) is 6.06. The number of benzene rings is 1. The number of carbonyl (C=O) groups is 1. The second-order valence-corrected chi connectivity index (χ2v) is 4.02. The number of nitrogens with two attached hydrogens (primary N) is 1. The summed E-state index contributed by atoms with van der Waals surface area (Å²) in [5, 5.41) is 7.82. The number of hydrogen-bond donors (Lipinski definition) is 2. The molecule has 0 aliphatic heterocycles. The van der Waals surface area contributed by atoms with E-state index in [0.717, 1.165) is 6.42 Å². The van der Waals surface area contributed by atoms with Gasteiger partial charge in [-0.1, -0.05) is 6.92 Å². The van der Waals surface area contributed by atoms with E-state index < -0.39 is 0 Å². The van der Waals surface area contributed by atoms with Crippen molar-refractivity contribution in [1.82, 2.24) is 0 Å². The molecular formula is C14H19N3O2. The molecule has 1 amide bonds. The number of nitrogens with one attached hydrogen (secondary N) is 1. The molecule has 0 aliphatic carbocycles. The molecule has 0 unspecified atom stereocenters. The first-order chi connectivity index (χ1) is 9.13. The zero-order valence-corrected chi connectivity index (χ0v) is 11.2. The van der Waals surface area contributed by atoms with Gasteiger partial charge in [-0.25, -0.2) is 0 Å². The van der Waals surface area contributed by atoms with Crippen LogP contribution in [0.5, 0.6) is 5.75 Å². The van der Waals surface area contributed by atoms with Crippen LogP contribution >= 0.6 is 0 Å². The zero-order chi connectivity index (χ0) is 14.3. The SMILES string of the molecule is CCCOc1ccc(C(=N)/C=C\N)cc1N(C)C=O. The van der Waals surface area contributed by atoms with Gasteiger partial charge in [0.1, 0.15) is 5.75 Å². The van der Waals surface area contributed by atoms with E-state index in [1.807, 2.05) is 6.92 Å². The second kappa shape index (κ2) is 7.20. The highest BCUT2D eigenvalue weighted by Crippen LogP contribution is 2.28. The summed E-state index contributed by atoms with van der Waals surface area (Å²) in [5.41, 5.74) is 6.87. The van der Waals surface area contributed by atoms with Crippen LogP contribution in [0, 0.1) is 5.41 Å². The third-order valence-electron chi connectivity index (χ3n) is 2.53. The fourth-order valence-corrected chi connectivity index (χ4v) is 1.54. The first-order valence-electron chi connectivity index (χ1n) is 6.06. The Bertz CT molecular complexity index is 484. The van der Waals surface area contributed by atoms with Gasteiger partial charge in [0, 0.05) is 12.6 Å². The summed E-state index contributed by atoms with van der Waals surface area (Å²) in [4.78, 5) is 12.3. The third kappa shape index (κ3) is 3.84. The van der Waals surface area contributed by atoms with Crippen LogP contribution in [0.4, 0.5) is 5.69 Å². The number of ether oxygens (including phenoxy) is 1. The van der Waals surface area contributed by atoms with E-state index >= 15 is 0 Å². The van der Waals surface area contributed by atoms with Gasteiger partial charge in [-0.3, -0.25) is 4.79 Å². The molecule has 0 aliphatic rings. The molecule has 0 atom stereocenters. The van der Waals surface area contributed by atoms with Crippen molar-refractivity contribution in [2.24, 2.45) is 5.73 Å². The fourth-order valence-electron chi connectivity index (χ4n) is 1.54. The number of amides is 1. The molecule has 1 aromatic rings. The average molecular weight is 261 g/mol. The van der Waals surface area contributed by atoms with Crippen LogP contribution in [0.25, 0.3) is 0 Å². The normalized spacial score (nSPS) is 10.4. The molecule has 0 spiro atoms. The molecule has 5 nitrogen and oxygen atoms in total. The summed E-state index contributed by atoms with van der Waals surface area (Å²) in [7, 11) is 1.65. The summed E-state index contributed by atoms with van der Waals surface area (Å²) >= 11 is 0. The highest BCUT2D eigenvalue weighted by atomic mass is 16.5.